The second kappa shape index (κ2) is 9.09. The monoisotopic (exact) mass is 413 g/mol. The molecule has 1 atom stereocenters. The number of nitrogens with zero attached hydrogens (tertiary/aromatic N) is 3. The molecule has 0 saturated heterocycles. The topological polar surface area (TPSA) is 68.5 Å². The molecule has 152 valence electrons. The highest BCUT2D eigenvalue weighted by Crippen LogP contribution is 2.20. The van der Waals surface area contributed by atoms with Gasteiger partial charge in [0.25, 0.3) is 5.91 Å². The Morgan fingerprint density at radius 1 is 1.17 bits per heavy atom. The predicted octanol–water partition coefficient (Wildman–Crippen LogP) is 4.90. The second-order valence-corrected chi connectivity index (χ2v) is 7.59. The van der Waals surface area contributed by atoms with Crippen molar-refractivity contribution in [1.82, 2.24) is 15.0 Å². The fourth-order valence-corrected chi connectivity index (χ4v) is 3.00. The Hall–Kier alpha value is -2.86. The molecular formula is C22H24ClN3O3. The van der Waals surface area contributed by atoms with Gasteiger partial charge in [0.05, 0.1) is 0 Å². The molecule has 0 saturated carbocycles. The Bertz CT molecular complexity index is 969. The maximum Gasteiger partial charge on any atom is 0.264 e. The molecule has 2 aromatic carbocycles. The van der Waals surface area contributed by atoms with Crippen LogP contribution in [0.5, 0.6) is 5.75 Å². The molecule has 3 aromatic rings. The number of rotatable bonds is 7. The molecule has 1 heterocycles. The third kappa shape index (κ3) is 5.35. The van der Waals surface area contributed by atoms with Crippen molar-refractivity contribution in [2.45, 2.75) is 46.4 Å². The van der Waals surface area contributed by atoms with Crippen LogP contribution in [0.15, 0.2) is 53.1 Å². The summed E-state index contributed by atoms with van der Waals surface area (Å²) < 4.78 is 11.2. The van der Waals surface area contributed by atoms with Gasteiger partial charge in [0.15, 0.2) is 6.10 Å². The first kappa shape index (κ1) is 20.9. The van der Waals surface area contributed by atoms with Crippen molar-refractivity contribution in [1.29, 1.82) is 0 Å². The third-order valence-electron chi connectivity index (χ3n) is 4.43. The van der Waals surface area contributed by atoms with Crippen molar-refractivity contribution >= 4 is 17.5 Å². The minimum absolute atomic E-state index is 0.0584. The molecule has 0 aliphatic rings. The van der Waals surface area contributed by atoms with Crippen LogP contribution in [0.25, 0.3) is 11.4 Å². The van der Waals surface area contributed by atoms with Gasteiger partial charge in [-0.3, -0.25) is 4.79 Å². The predicted molar refractivity (Wildman–Crippen MR) is 112 cm³/mol. The molecule has 0 spiro atoms. The molecule has 1 aromatic heterocycles. The first-order valence-corrected chi connectivity index (χ1v) is 9.83. The van der Waals surface area contributed by atoms with Crippen LogP contribution in [0.3, 0.4) is 0 Å². The van der Waals surface area contributed by atoms with E-state index in [1.54, 1.807) is 24.0 Å². The van der Waals surface area contributed by atoms with E-state index in [2.05, 4.69) is 10.1 Å². The molecule has 0 aliphatic heterocycles. The van der Waals surface area contributed by atoms with Crippen LogP contribution >= 0.6 is 11.6 Å². The van der Waals surface area contributed by atoms with Crippen LogP contribution in [-0.2, 0) is 11.3 Å². The first-order valence-electron chi connectivity index (χ1n) is 9.46. The van der Waals surface area contributed by atoms with Gasteiger partial charge in [0, 0.05) is 16.6 Å². The largest absolute Gasteiger partial charge is 0.481 e. The van der Waals surface area contributed by atoms with Crippen molar-refractivity contribution in [2.24, 2.45) is 0 Å². The van der Waals surface area contributed by atoms with E-state index in [1.807, 2.05) is 57.2 Å². The van der Waals surface area contributed by atoms with Gasteiger partial charge < -0.3 is 14.2 Å². The highest BCUT2D eigenvalue weighted by molar-refractivity contribution is 6.30. The summed E-state index contributed by atoms with van der Waals surface area (Å²) in [4.78, 5) is 19.1. The molecule has 1 amide bonds. The Morgan fingerprint density at radius 2 is 1.90 bits per heavy atom. The van der Waals surface area contributed by atoms with Gasteiger partial charge in [-0.2, -0.15) is 4.98 Å². The van der Waals surface area contributed by atoms with Crippen molar-refractivity contribution in [3.05, 3.63) is 65.0 Å². The Kier molecular flexibility index (Phi) is 6.54. The van der Waals surface area contributed by atoms with Crippen molar-refractivity contribution in [3.8, 4) is 17.1 Å². The van der Waals surface area contributed by atoms with E-state index in [0.29, 0.717) is 22.5 Å². The molecule has 6 nitrogen and oxygen atoms in total. The molecule has 7 heteroatoms. The van der Waals surface area contributed by atoms with E-state index in [-0.39, 0.29) is 18.5 Å². The summed E-state index contributed by atoms with van der Waals surface area (Å²) >= 11 is 5.92. The summed E-state index contributed by atoms with van der Waals surface area (Å²) in [6, 6.07) is 14.7. The minimum atomic E-state index is -0.641. The fraction of sp³-hybridized carbons (Fsp3) is 0.318. The van der Waals surface area contributed by atoms with Crippen LogP contribution in [0.4, 0.5) is 0 Å². The molecule has 0 N–H and O–H groups in total. The van der Waals surface area contributed by atoms with Gasteiger partial charge in [-0.05, 0) is 69.7 Å². The average Bonchev–Trinajstić information content (AvgIpc) is 3.14. The maximum atomic E-state index is 13.0. The standard InChI is InChI=1S/C22H24ClN3O3/c1-14(2)26(22(27)16(4)28-19-7-5-6-15(3)12-19)13-20-24-21(25-29-20)17-8-10-18(23)11-9-17/h5-12,14,16H,13H2,1-4H3/t16-/m1/s1. The number of ether oxygens (including phenoxy) is 1. The zero-order valence-corrected chi connectivity index (χ0v) is 17.7. The van der Waals surface area contributed by atoms with E-state index in [1.165, 1.54) is 0 Å². The summed E-state index contributed by atoms with van der Waals surface area (Å²) in [6.07, 6.45) is -0.641. The molecule has 0 fully saturated rings. The summed E-state index contributed by atoms with van der Waals surface area (Å²) in [7, 11) is 0. The Balaban J connectivity index is 1.71. The van der Waals surface area contributed by atoms with E-state index in [9.17, 15) is 4.79 Å². The SMILES string of the molecule is Cc1cccc(O[C@H](C)C(=O)N(Cc2nc(-c3ccc(Cl)cc3)no2)C(C)C)c1. The van der Waals surface area contributed by atoms with E-state index >= 15 is 0 Å². The molecule has 0 radical (unpaired) electrons. The number of aryl methyl sites for hydroxylation is 1. The number of benzene rings is 2. The number of aromatic nitrogens is 2. The highest BCUT2D eigenvalue weighted by Gasteiger charge is 2.26. The fourth-order valence-electron chi connectivity index (χ4n) is 2.87. The van der Waals surface area contributed by atoms with Crippen LogP contribution in [0.2, 0.25) is 5.02 Å². The van der Waals surface area contributed by atoms with E-state index in [0.717, 1.165) is 11.1 Å². The summed E-state index contributed by atoms with van der Waals surface area (Å²) in [6.45, 7) is 7.81. The lowest BCUT2D eigenvalue weighted by molar-refractivity contribution is -0.140. The number of halogens is 1. The van der Waals surface area contributed by atoms with Crippen LogP contribution in [-0.4, -0.2) is 33.1 Å². The van der Waals surface area contributed by atoms with Crippen LogP contribution in [0.1, 0.15) is 32.2 Å². The Labute approximate surface area is 175 Å². The van der Waals surface area contributed by atoms with Gasteiger partial charge in [0.2, 0.25) is 11.7 Å². The van der Waals surface area contributed by atoms with Gasteiger partial charge in [0.1, 0.15) is 12.3 Å². The molecule has 0 aliphatic carbocycles. The van der Waals surface area contributed by atoms with Gasteiger partial charge in [-0.15, -0.1) is 0 Å². The smallest absolute Gasteiger partial charge is 0.264 e. The zero-order chi connectivity index (χ0) is 21.0. The van der Waals surface area contributed by atoms with Crippen molar-refractivity contribution in [3.63, 3.8) is 0 Å². The zero-order valence-electron chi connectivity index (χ0n) is 16.9. The minimum Gasteiger partial charge on any atom is -0.481 e. The number of hydrogen-bond donors (Lipinski definition) is 0. The molecule has 29 heavy (non-hydrogen) atoms. The molecule has 0 bridgehead atoms. The molecule has 3 rings (SSSR count). The first-order chi connectivity index (χ1) is 13.8. The summed E-state index contributed by atoms with van der Waals surface area (Å²) in [5.74, 6) is 1.33. The van der Waals surface area contributed by atoms with Gasteiger partial charge in [-0.1, -0.05) is 28.9 Å². The summed E-state index contributed by atoms with van der Waals surface area (Å²) in [5.41, 5.74) is 1.87. The lowest BCUT2D eigenvalue weighted by atomic mass is 10.2. The molecule has 0 unspecified atom stereocenters. The number of hydrogen-bond acceptors (Lipinski definition) is 5. The average molecular weight is 414 g/mol. The maximum absolute atomic E-state index is 13.0. The van der Waals surface area contributed by atoms with Gasteiger partial charge >= 0.3 is 0 Å². The molecular weight excluding hydrogens is 390 g/mol. The second-order valence-electron chi connectivity index (χ2n) is 7.16. The number of amides is 1. The van der Waals surface area contributed by atoms with Crippen molar-refractivity contribution in [2.75, 3.05) is 0 Å². The third-order valence-corrected chi connectivity index (χ3v) is 4.68. The Morgan fingerprint density at radius 3 is 2.55 bits per heavy atom. The number of carbonyl (C=O) groups is 1. The summed E-state index contributed by atoms with van der Waals surface area (Å²) in [5, 5.41) is 4.65. The highest BCUT2D eigenvalue weighted by atomic mass is 35.5. The normalized spacial score (nSPS) is 12.1. The quantitative estimate of drug-likeness (QED) is 0.550. The lowest BCUT2D eigenvalue weighted by Gasteiger charge is -2.28. The van der Waals surface area contributed by atoms with Crippen LogP contribution < -0.4 is 4.74 Å². The van der Waals surface area contributed by atoms with Crippen molar-refractivity contribution < 1.29 is 14.1 Å². The van der Waals surface area contributed by atoms with E-state index < -0.39 is 6.10 Å². The van der Waals surface area contributed by atoms with Crippen LogP contribution in [0, 0.1) is 6.92 Å². The van der Waals surface area contributed by atoms with E-state index in [4.69, 9.17) is 20.9 Å². The lowest BCUT2D eigenvalue weighted by Crippen LogP contribution is -2.43. The van der Waals surface area contributed by atoms with Gasteiger partial charge in [-0.25, -0.2) is 0 Å². The number of carbonyl (C=O) groups excluding carboxylic acids is 1.